The molecule has 5 rings (SSSR count). The van der Waals surface area contributed by atoms with Crippen molar-refractivity contribution in [3.8, 4) is 17.2 Å². The summed E-state index contributed by atoms with van der Waals surface area (Å²) in [6.45, 7) is 2.10. The van der Waals surface area contributed by atoms with Crippen molar-refractivity contribution in [1.82, 2.24) is 14.5 Å². The molecule has 124 valence electrons. The monoisotopic (exact) mass is 335 g/mol. The molecule has 26 heavy (non-hydrogen) atoms. The molecule has 0 atom stereocenters. The van der Waals surface area contributed by atoms with Crippen molar-refractivity contribution in [2.24, 2.45) is 0 Å². The summed E-state index contributed by atoms with van der Waals surface area (Å²) in [5.41, 5.74) is 4.34. The second-order valence-electron chi connectivity index (χ2n) is 6.45. The first-order chi connectivity index (χ1) is 12.8. The lowest BCUT2D eigenvalue weighted by atomic mass is 10.1. The van der Waals surface area contributed by atoms with Crippen molar-refractivity contribution in [3.05, 3.63) is 90.6 Å². The average molecular weight is 335 g/mol. The highest BCUT2D eigenvalue weighted by atomic mass is 15.1. The van der Waals surface area contributed by atoms with Gasteiger partial charge in [0.2, 0.25) is 0 Å². The van der Waals surface area contributed by atoms with Gasteiger partial charge in [0, 0.05) is 17.1 Å². The van der Waals surface area contributed by atoms with E-state index in [4.69, 9.17) is 9.97 Å². The van der Waals surface area contributed by atoms with E-state index in [1.165, 1.54) is 10.9 Å². The molecule has 3 aromatic carbocycles. The van der Waals surface area contributed by atoms with Crippen LogP contribution in [-0.2, 0) is 0 Å². The number of benzene rings is 3. The first-order valence-electron chi connectivity index (χ1n) is 8.70. The number of rotatable bonds is 2. The van der Waals surface area contributed by atoms with E-state index in [9.17, 15) is 0 Å². The molecule has 0 unspecified atom stereocenters. The second-order valence-corrected chi connectivity index (χ2v) is 6.45. The summed E-state index contributed by atoms with van der Waals surface area (Å²) >= 11 is 0. The molecular formula is C23H17N3. The van der Waals surface area contributed by atoms with Gasteiger partial charge in [-0.3, -0.25) is 0 Å². The number of para-hydroxylation sites is 2. The topological polar surface area (TPSA) is 30.7 Å². The van der Waals surface area contributed by atoms with Gasteiger partial charge in [-0.1, -0.05) is 54.6 Å². The highest BCUT2D eigenvalue weighted by molar-refractivity contribution is 5.90. The van der Waals surface area contributed by atoms with Crippen LogP contribution in [0.3, 0.4) is 0 Å². The fraction of sp³-hybridized carbons (Fsp3) is 0.0435. The first kappa shape index (κ1) is 14.8. The number of aryl methyl sites for hydroxylation is 1. The van der Waals surface area contributed by atoms with Crippen molar-refractivity contribution in [2.75, 3.05) is 0 Å². The predicted octanol–water partition coefficient (Wildman–Crippen LogP) is 5.55. The van der Waals surface area contributed by atoms with Crippen LogP contribution in [0.4, 0.5) is 0 Å². The molecule has 0 aliphatic heterocycles. The Balaban J connectivity index is 1.86. The fourth-order valence-electron chi connectivity index (χ4n) is 3.46. The second kappa shape index (κ2) is 5.81. The average Bonchev–Trinajstić information content (AvgIpc) is 3.11. The lowest BCUT2D eigenvalue weighted by Gasteiger charge is -2.12. The first-order valence-corrected chi connectivity index (χ1v) is 8.70. The van der Waals surface area contributed by atoms with Crippen LogP contribution < -0.4 is 0 Å². The predicted molar refractivity (Wildman–Crippen MR) is 107 cm³/mol. The molecule has 2 aromatic heterocycles. The summed E-state index contributed by atoms with van der Waals surface area (Å²) in [5.74, 6) is 1.67. The number of aromatic nitrogens is 3. The summed E-state index contributed by atoms with van der Waals surface area (Å²) < 4.78 is 2.15. The molecular weight excluding hydrogens is 318 g/mol. The fourth-order valence-corrected chi connectivity index (χ4v) is 3.46. The van der Waals surface area contributed by atoms with Gasteiger partial charge < -0.3 is 4.57 Å². The zero-order valence-corrected chi connectivity index (χ0v) is 14.4. The molecule has 2 heterocycles. The van der Waals surface area contributed by atoms with Crippen LogP contribution in [0.5, 0.6) is 0 Å². The van der Waals surface area contributed by atoms with E-state index in [0.29, 0.717) is 0 Å². The van der Waals surface area contributed by atoms with Gasteiger partial charge in [-0.2, -0.15) is 0 Å². The SMILES string of the molecule is Cc1ccccc1-c1nc(-n2ccc3ccccc32)c2ccccc2n1. The summed E-state index contributed by atoms with van der Waals surface area (Å²) in [6, 6.07) is 26.9. The van der Waals surface area contributed by atoms with Crippen molar-refractivity contribution >= 4 is 21.8 Å². The molecule has 3 heteroatoms. The number of hydrogen-bond acceptors (Lipinski definition) is 2. The Labute approximate surface area is 151 Å². The largest absolute Gasteiger partial charge is 0.301 e. The quantitative estimate of drug-likeness (QED) is 0.423. The molecule has 0 amide bonds. The van der Waals surface area contributed by atoms with Gasteiger partial charge >= 0.3 is 0 Å². The van der Waals surface area contributed by atoms with E-state index in [1.54, 1.807) is 0 Å². The number of nitrogens with zero attached hydrogens (tertiary/aromatic N) is 3. The minimum Gasteiger partial charge on any atom is -0.301 e. The maximum atomic E-state index is 4.98. The van der Waals surface area contributed by atoms with E-state index in [1.807, 2.05) is 30.3 Å². The third kappa shape index (κ3) is 2.29. The summed E-state index contributed by atoms with van der Waals surface area (Å²) in [7, 11) is 0. The Morgan fingerprint density at radius 1 is 0.731 bits per heavy atom. The van der Waals surface area contributed by atoms with Crippen molar-refractivity contribution in [2.45, 2.75) is 6.92 Å². The third-order valence-corrected chi connectivity index (χ3v) is 4.80. The van der Waals surface area contributed by atoms with Gasteiger partial charge in [-0.15, -0.1) is 0 Å². The molecule has 0 radical (unpaired) electrons. The number of hydrogen-bond donors (Lipinski definition) is 0. The minimum absolute atomic E-state index is 0.759. The van der Waals surface area contributed by atoms with E-state index in [-0.39, 0.29) is 0 Å². The van der Waals surface area contributed by atoms with Gasteiger partial charge in [0.1, 0.15) is 5.82 Å². The zero-order valence-electron chi connectivity index (χ0n) is 14.4. The minimum atomic E-state index is 0.759. The molecule has 0 fully saturated rings. The summed E-state index contributed by atoms with van der Waals surface area (Å²) in [4.78, 5) is 9.81. The van der Waals surface area contributed by atoms with Crippen LogP contribution in [0.1, 0.15) is 5.56 Å². The lowest BCUT2D eigenvalue weighted by Crippen LogP contribution is -2.02. The molecule has 0 N–H and O–H groups in total. The summed E-state index contributed by atoms with van der Waals surface area (Å²) in [5, 5.41) is 2.25. The molecule has 0 saturated heterocycles. The highest BCUT2D eigenvalue weighted by Crippen LogP contribution is 2.28. The van der Waals surface area contributed by atoms with E-state index < -0.39 is 0 Å². The van der Waals surface area contributed by atoms with Crippen LogP contribution in [0.25, 0.3) is 39.0 Å². The molecule has 0 bridgehead atoms. The van der Waals surface area contributed by atoms with Gasteiger partial charge in [-0.05, 0) is 42.1 Å². The van der Waals surface area contributed by atoms with Gasteiger partial charge in [0.25, 0.3) is 0 Å². The van der Waals surface area contributed by atoms with Crippen molar-refractivity contribution in [1.29, 1.82) is 0 Å². The Morgan fingerprint density at radius 2 is 1.50 bits per heavy atom. The third-order valence-electron chi connectivity index (χ3n) is 4.80. The Morgan fingerprint density at radius 3 is 2.42 bits per heavy atom. The van der Waals surface area contributed by atoms with E-state index in [2.05, 4.69) is 66.2 Å². The van der Waals surface area contributed by atoms with Crippen LogP contribution in [-0.4, -0.2) is 14.5 Å². The Hall–Kier alpha value is -3.46. The molecule has 0 aliphatic rings. The Kier molecular flexibility index (Phi) is 3.32. The smallest absolute Gasteiger partial charge is 0.162 e. The molecule has 0 aliphatic carbocycles. The lowest BCUT2D eigenvalue weighted by molar-refractivity contribution is 1.04. The van der Waals surface area contributed by atoms with Gasteiger partial charge in [-0.25, -0.2) is 9.97 Å². The van der Waals surface area contributed by atoms with Crippen LogP contribution >= 0.6 is 0 Å². The zero-order chi connectivity index (χ0) is 17.5. The molecule has 5 aromatic rings. The summed E-state index contributed by atoms with van der Waals surface area (Å²) in [6.07, 6.45) is 2.08. The van der Waals surface area contributed by atoms with Crippen LogP contribution in [0.2, 0.25) is 0 Å². The number of fused-ring (bicyclic) bond motifs is 2. The molecule has 0 spiro atoms. The van der Waals surface area contributed by atoms with E-state index in [0.717, 1.165) is 33.6 Å². The van der Waals surface area contributed by atoms with Crippen LogP contribution in [0, 0.1) is 6.92 Å². The normalized spacial score (nSPS) is 11.3. The Bertz CT molecular complexity index is 1250. The standard InChI is InChI=1S/C23H17N3/c1-16-8-2-4-10-18(16)22-24-20-12-6-5-11-19(20)23(25-22)26-15-14-17-9-3-7-13-21(17)26/h2-15H,1H3. The highest BCUT2D eigenvalue weighted by Gasteiger charge is 2.13. The maximum Gasteiger partial charge on any atom is 0.162 e. The molecule has 3 nitrogen and oxygen atoms in total. The molecule has 0 saturated carbocycles. The van der Waals surface area contributed by atoms with Gasteiger partial charge in [0.05, 0.1) is 11.0 Å². The van der Waals surface area contributed by atoms with Crippen molar-refractivity contribution < 1.29 is 0 Å². The maximum absolute atomic E-state index is 4.98. The van der Waals surface area contributed by atoms with E-state index >= 15 is 0 Å². The van der Waals surface area contributed by atoms with Crippen LogP contribution in [0.15, 0.2) is 85.1 Å². The van der Waals surface area contributed by atoms with Crippen molar-refractivity contribution in [3.63, 3.8) is 0 Å². The van der Waals surface area contributed by atoms with Gasteiger partial charge in [0.15, 0.2) is 5.82 Å².